The Morgan fingerprint density at radius 2 is 2.07 bits per heavy atom. The summed E-state index contributed by atoms with van der Waals surface area (Å²) in [6.45, 7) is 6.29. The topological polar surface area (TPSA) is 70.0 Å². The first-order chi connectivity index (χ1) is 6.79. The van der Waals surface area contributed by atoms with Crippen LogP contribution in [0.1, 0.15) is 27.2 Å². The Hall–Kier alpha value is -0.810. The molecule has 1 fully saturated rings. The molecular weight excluding hydrogens is 198 g/mol. The second-order valence-corrected chi connectivity index (χ2v) is 4.89. The molecule has 1 heterocycles. The normalized spacial score (nSPS) is 22.3. The predicted octanol–water partition coefficient (Wildman–Crippen LogP) is 0.554. The maximum Gasteiger partial charge on any atom is 0.410 e. The zero-order valence-electron chi connectivity index (χ0n) is 9.43. The molecule has 0 aromatic carbocycles. The summed E-state index contributed by atoms with van der Waals surface area (Å²) in [5.41, 5.74) is -0.507. The quantitative estimate of drug-likeness (QED) is 0.629. The van der Waals surface area contributed by atoms with Gasteiger partial charge in [-0.1, -0.05) is 0 Å². The van der Waals surface area contributed by atoms with Crippen LogP contribution in [-0.4, -0.2) is 46.2 Å². The first kappa shape index (κ1) is 12.3. The van der Waals surface area contributed by atoms with Crippen molar-refractivity contribution in [1.29, 1.82) is 0 Å². The lowest BCUT2D eigenvalue weighted by Gasteiger charge is -2.24. The summed E-state index contributed by atoms with van der Waals surface area (Å²) in [7, 11) is 0. The largest absolute Gasteiger partial charge is 0.444 e. The van der Waals surface area contributed by atoms with Crippen LogP contribution in [0.2, 0.25) is 0 Å². The zero-order valence-corrected chi connectivity index (χ0v) is 9.43. The average molecular weight is 217 g/mol. The number of ether oxygens (including phenoxy) is 1. The summed E-state index contributed by atoms with van der Waals surface area (Å²) < 4.78 is 5.17. The Morgan fingerprint density at radius 3 is 2.47 bits per heavy atom. The van der Waals surface area contributed by atoms with Gasteiger partial charge < -0.3 is 19.8 Å². The van der Waals surface area contributed by atoms with Gasteiger partial charge in [-0.3, -0.25) is 0 Å². The molecule has 1 amide bonds. The van der Waals surface area contributed by atoms with Crippen LogP contribution in [0.5, 0.6) is 0 Å². The lowest BCUT2D eigenvalue weighted by Crippen LogP contribution is -2.36. The van der Waals surface area contributed by atoms with Gasteiger partial charge in [-0.25, -0.2) is 4.79 Å². The van der Waals surface area contributed by atoms with Crippen LogP contribution in [0.15, 0.2) is 0 Å². The molecule has 0 unspecified atom stereocenters. The maximum atomic E-state index is 11.6. The molecule has 1 saturated heterocycles. The van der Waals surface area contributed by atoms with Gasteiger partial charge in [0.25, 0.3) is 0 Å². The molecule has 1 aliphatic rings. The van der Waals surface area contributed by atoms with E-state index in [-0.39, 0.29) is 12.0 Å². The fourth-order valence-corrected chi connectivity index (χ4v) is 1.52. The molecule has 0 aromatic heterocycles. The van der Waals surface area contributed by atoms with Gasteiger partial charge in [0.15, 0.2) is 6.29 Å². The fraction of sp³-hybridized carbons (Fsp3) is 0.900. The second-order valence-electron chi connectivity index (χ2n) is 4.89. The number of aliphatic hydroxyl groups excluding tert-OH is 1. The van der Waals surface area contributed by atoms with Crippen molar-refractivity contribution in [2.24, 2.45) is 5.92 Å². The minimum Gasteiger partial charge on any atom is -0.444 e. The first-order valence-electron chi connectivity index (χ1n) is 5.13. The number of amides is 1. The molecule has 0 saturated carbocycles. The summed E-state index contributed by atoms with van der Waals surface area (Å²) in [6, 6.07) is 0. The summed E-state index contributed by atoms with van der Waals surface area (Å²) >= 11 is 0. The highest BCUT2D eigenvalue weighted by molar-refractivity contribution is 5.68. The zero-order chi connectivity index (χ0) is 11.6. The van der Waals surface area contributed by atoms with E-state index in [1.165, 1.54) is 4.90 Å². The Bertz CT molecular complexity index is 234. The molecule has 5 heteroatoms. The van der Waals surface area contributed by atoms with Crippen LogP contribution in [0.3, 0.4) is 0 Å². The Balaban J connectivity index is 2.44. The van der Waals surface area contributed by atoms with Crippen molar-refractivity contribution in [3.63, 3.8) is 0 Å². The molecular formula is C10H19NO4. The number of rotatable bonds is 1. The van der Waals surface area contributed by atoms with E-state index in [4.69, 9.17) is 14.9 Å². The maximum absolute atomic E-state index is 11.6. The third kappa shape index (κ3) is 3.68. The molecule has 88 valence electrons. The van der Waals surface area contributed by atoms with Gasteiger partial charge in [0, 0.05) is 19.0 Å². The van der Waals surface area contributed by atoms with Crippen molar-refractivity contribution in [3.05, 3.63) is 0 Å². The van der Waals surface area contributed by atoms with E-state index in [0.717, 1.165) is 0 Å². The minimum atomic E-state index is -1.35. The SMILES string of the molecule is CC(C)(C)OC(=O)N1CC[C@@H](C(O)O)C1. The molecule has 0 aliphatic carbocycles. The van der Waals surface area contributed by atoms with E-state index in [0.29, 0.717) is 19.5 Å². The van der Waals surface area contributed by atoms with Gasteiger partial charge in [-0.2, -0.15) is 0 Å². The summed E-state index contributed by atoms with van der Waals surface area (Å²) in [4.78, 5) is 13.1. The van der Waals surface area contributed by atoms with Gasteiger partial charge in [0.05, 0.1) is 0 Å². The number of likely N-dealkylation sites (tertiary alicyclic amines) is 1. The molecule has 0 bridgehead atoms. The molecule has 5 nitrogen and oxygen atoms in total. The molecule has 0 spiro atoms. The molecule has 15 heavy (non-hydrogen) atoms. The molecule has 1 aliphatic heterocycles. The van der Waals surface area contributed by atoms with Gasteiger partial charge in [0.2, 0.25) is 0 Å². The number of carbonyl (C=O) groups excluding carboxylic acids is 1. The van der Waals surface area contributed by atoms with Crippen molar-refractivity contribution >= 4 is 6.09 Å². The minimum absolute atomic E-state index is 0.252. The van der Waals surface area contributed by atoms with Crippen molar-refractivity contribution < 1.29 is 19.7 Å². The smallest absolute Gasteiger partial charge is 0.410 e. The summed E-state index contributed by atoms with van der Waals surface area (Å²) in [6.07, 6.45) is -1.13. The standard InChI is InChI=1S/C10H19NO4/c1-10(2,3)15-9(14)11-5-4-7(6-11)8(12)13/h7-8,12-13H,4-6H2,1-3H3/t7-/m1/s1. The molecule has 1 atom stereocenters. The highest BCUT2D eigenvalue weighted by atomic mass is 16.6. The monoisotopic (exact) mass is 217 g/mol. The Labute approximate surface area is 89.6 Å². The van der Waals surface area contributed by atoms with E-state index in [9.17, 15) is 4.79 Å². The second kappa shape index (κ2) is 4.37. The summed E-state index contributed by atoms with van der Waals surface area (Å²) in [5, 5.41) is 17.9. The molecule has 2 N–H and O–H groups in total. The van der Waals surface area contributed by atoms with Crippen LogP contribution in [-0.2, 0) is 4.74 Å². The van der Waals surface area contributed by atoms with Gasteiger partial charge in [-0.05, 0) is 27.2 Å². The average Bonchev–Trinajstić information content (AvgIpc) is 2.47. The predicted molar refractivity (Wildman–Crippen MR) is 54.1 cm³/mol. The van der Waals surface area contributed by atoms with Gasteiger partial charge in [-0.15, -0.1) is 0 Å². The first-order valence-corrected chi connectivity index (χ1v) is 5.13. The van der Waals surface area contributed by atoms with Crippen molar-refractivity contribution in [3.8, 4) is 0 Å². The van der Waals surface area contributed by atoms with Crippen LogP contribution in [0, 0.1) is 5.92 Å². The van der Waals surface area contributed by atoms with Gasteiger partial charge >= 0.3 is 6.09 Å². The number of hydrogen-bond acceptors (Lipinski definition) is 4. The van der Waals surface area contributed by atoms with E-state index in [1.807, 2.05) is 0 Å². The molecule has 1 rings (SSSR count). The number of hydrogen-bond donors (Lipinski definition) is 2. The van der Waals surface area contributed by atoms with Crippen molar-refractivity contribution in [1.82, 2.24) is 4.90 Å². The van der Waals surface area contributed by atoms with Crippen LogP contribution < -0.4 is 0 Å². The Morgan fingerprint density at radius 1 is 1.47 bits per heavy atom. The number of carbonyl (C=O) groups is 1. The molecule has 0 aromatic rings. The van der Waals surface area contributed by atoms with Crippen molar-refractivity contribution in [2.75, 3.05) is 13.1 Å². The third-order valence-electron chi connectivity index (χ3n) is 2.30. The third-order valence-corrected chi connectivity index (χ3v) is 2.30. The number of aliphatic hydroxyl groups is 2. The fourth-order valence-electron chi connectivity index (χ4n) is 1.52. The van der Waals surface area contributed by atoms with Gasteiger partial charge in [0.1, 0.15) is 5.60 Å². The number of nitrogens with zero attached hydrogens (tertiary/aromatic N) is 1. The highest BCUT2D eigenvalue weighted by Gasteiger charge is 2.32. The lowest BCUT2D eigenvalue weighted by atomic mass is 10.1. The van der Waals surface area contributed by atoms with Crippen LogP contribution in [0.4, 0.5) is 4.79 Å². The van der Waals surface area contributed by atoms with Crippen LogP contribution in [0.25, 0.3) is 0 Å². The van der Waals surface area contributed by atoms with Crippen molar-refractivity contribution in [2.45, 2.75) is 39.1 Å². The highest BCUT2D eigenvalue weighted by Crippen LogP contribution is 2.20. The van der Waals surface area contributed by atoms with E-state index >= 15 is 0 Å². The van der Waals surface area contributed by atoms with E-state index < -0.39 is 11.9 Å². The summed E-state index contributed by atoms with van der Waals surface area (Å²) in [5.74, 6) is -0.252. The Kier molecular flexibility index (Phi) is 3.57. The van der Waals surface area contributed by atoms with Crippen LogP contribution >= 0.6 is 0 Å². The molecule has 0 radical (unpaired) electrons. The van der Waals surface area contributed by atoms with E-state index in [2.05, 4.69) is 0 Å². The van der Waals surface area contributed by atoms with E-state index in [1.54, 1.807) is 20.8 Å². The lowest BCUT2D eigenvalue weighted by molar-refractivity contribution is -0.0799.